The number of benzene rings is 1. The fraction of sp³-hybridized carbons (Fsp3) is 0.462. The van der Waals surface area contributed by atoms with Crippen molar-refractivity contribution in [1.82, 2.24) is 5.32 Å². The van der Waals surface area contributed by atoms with E-state index in [4.69, 9.17) is 21.1 Å². The average Bonchev–Trinajstić information content (AvgIpc) is 2.43. The van der Waals surface area contributed by atoms with Gasteiger partial charge in [0.1, 0.15) is 12.7 Å². The molecule has 0 fully saturated rings. The predicted octanol–water partition coefficient (Wildman–Crippen LogP) is 1.82. The maximum Gasteiger partial charge on any atom is 0.224 e. The number of amides is 1. The van der Waals surface area contributed by atoms with Crippen LogP contribution in [0.3, 0.4) is 0 Å². The molecule has 1 aromatic carbocycles. The summed E-state index contributed by atoms with van der Waals surface area (Å²) in [7, 11) is 0. The Kier molecular flexibility index (Phi) is 4.31. The topological polar surface area (TPSA) is 47.6 Å². The van der Waals surface area contributed by atoms with Crippen molar-refractivity contribution in [1.29, 1.82) is 0 Å². The highest BCUT2D eigenvalue weighted by atomic mass is 35.5. The lowest BCUT2D eigenvalue weighted by atomic mass is 10.2. The number of hydrogen-bond acceptors (Lipinski definition) is 3. The van der Waals surface area contributed by atoms with Gasteiger partial charge in [0.25, 0.3) is 0 Å². The molecule has 2 rings (SSSR count). The van der Waals surface area contributed by atoms with Gasteiger partial charge in [-0.3, -0.25) is 4.79 Å². The van der Waals surface area contributed by atoms with Crippen molar-refractivity contribution in [2.75, 3.05) is 19.0 Å². The summed E-state index contributed by atoms with van der Waals surface area (Å²) in [6.07, 6.45) is -0.161. The third kappa shape index (κ3) is 3.07. The summed E-state index contributed by atoms with van der Waals surface area (Å²) >= 11 is 5.62. The van der Waals surface area contributed by atoms with E-state index < -0.39 is 0 Å². The number of halogens is 1. The van der Waals surface area contributed by atoms with Crippen molar-refractivity contribution in [3.63, 3.8) is 0 Å². The molecule has 0 radical (unpaired) electrons. The Balaban J connectivity index is 1.85. The Morgan fingerprint density at radius 2 is 2.22 bits per heavy atom. The molecule has 4 nitrogen and oxygen atoms in total. The van der Waals surface area contributed by atoms with Gasteiger partial charge in [0, 0.05) is 11.8 Å². The minimum Gasteiger partial charge on any atom is -0.486 e. The number of ether oxygens (including phenoxy) is 2. The van der Waals surface area contributed by atoms with E-state index in [0.29, 0.717) is 24.8 Å². The molecule has 1 aliphatic rings. The Bertz CT molecular complexity index is 424. The van der Waals surface area contributed by atoms with Gasteiger partial charge in [0.15, 0.2) is 11.5 Å². The molecule has 2 atom stereocenters. The summed E-state index contributed by atoms with van der Waals surface area (Å²) in [4.78, 5) is 11.6. The van der Waals surface area contributed by atoms with Gasteiger partial charge in [-0.15, -0.1) is 11.6 Å². The zero-order valence-electron chi connectivity index (χ0n) is 10.2. The van der Waals surface area contributed by atoms with E-state index in [1.54, 1.807) is 6.92 Å². The van der Waals surface area contributed by atoms with Crippen molar-refractivity contribution < 1.29 is 14.3 Å². The first kappa shape index (κ1) is 13.0. The number of carbonyl (C=O) groups is 1. The molecule has 5 heteroatoms. The van der Waals surface area contributed by atoms with Crippen LogP contribution in [0.25, 0.3) is 0 Å². The smallest absolute Gasteiger partial charge is 0.224 e. The monoisotopic (exact) mass is 269 g/mol. The molecule has 0 aromatic heterocycles. The van der Waals surface area contributed by atoms with Gasteiger partial charge in [0.2, 0.25) is 5.91 Å². The standard InChI is InChI=1S/C13H16ClNO3/c1-9(6-14)13(16)15-7-10-8-17-11-4-2-3-5-12(11)18-10/h2-5,9-10H,6-8H2,1H3,(H,15,16). The van der Waals surface area contributed by atoms with E-state index in [2.05, 4.69) is 5.32 Å². The van der Waals surface area contributed by atoms with Crippen molar-refractivity contribution >= 4 is 17.5 Å². The molecule has 2 unspecified atom stereocenters. The van der Waals surface area contributed by atoms with Gasteiger partial charge in [-0.05, 0) is 12.1 Å². The zero-order chi connectivity index (χ0) is 13.0. The van der Waals surface area contributed by atoms with Crippen LogP contribution in [0.15, 0.2) is 24.3 Å². The van der Waals surface area contributed by atoms with Crippen LogP contribution in [0.4, 0.5) is 0 Å². The molecular formula is C13H16ClNO3. The van der Waals surface area contributed by atoms with Crippen LogP contribution in [0.5, 0.6) is 11.5 Å². The van der Waals surface area contributed by atoms with Crippen LogP contribution >= 0.6 is 11.6 Å². The Hall–Kier alpha value is -1.42. The van der Waals surface area contributed by atoms with Crippen molar-refractivity contribution in [2.45, 2.75) is 13.0 Å². The first-order chi connectivity index (χ1) is 8.70. The molecule has 18 heavy (non-hydrogen) atoms. The Morgan fingerprint density at radius 3 is 2.94 bits per heavy atom. The number of hydrogen-bond donors (Lipinski definition) is 1. The molecule has 0 saturated carbocycles. The number of para-hydroxylation sites is 2. The molecule has 1 aromatic rings. The summed E-state index contributed by atoms with van der Waals surface area (Å²) in [5.41, 5.74) is 0. The lowest BCUT2D eigenvalue weighted by Gasteiger charge is -2.26. The SMILES string of the molecule is CC(CCl)C(=O)NCC1COc2ccccc2O1. The van der Waals surface area contributed by atoms with Crippen molar-refractivity contribution in [3.05, 3.63) is 24.3 Å². The summed E-state index contributed by atoms with van der Waals surface area (Å²) in [6, 6.07) is 7.50. The normalized spacial score (nSPS) is 19.1. The van der Waals surface area contributed by atoms with E-state index >= 15 is 0 Å². The van der Waals surface area contributed by atoms with Crippen LogP contribution < -0.4 is 14.8 Å². The highest BCUT2D eigenvalue weighted by molar-refractivity contribution is 6.19. The summed E-state index contributed by atoms with van der Waals surface area (Å²) < 4.78 is 11.3. The lowest BCUT2D eigenvalue weighted by Crippen LogP contribution is -2.42. The molecule has 1 heterocycles. The van der Waals surface area contributed by atoms with E-state index in [-0.39, 0.29) is 17.9 Å². The molecule has 0 bridgehead atoms. The number of alkyl halides is 1. The molecule has 1 N–H and O–H groups in total. The minimum absolute atomic E-state index is 0.0625. The van der Waals surface area contributed by atoms with E-state index in [0.717, 1.165) is 5.75 Å². The summed E-state index contributed by atoms with van der Waals surface area (Å²) in [5.74, 6) is 1.52. The van der Waals surface area contributed by atoms with Gasteiger partial charge in [-0.25, -0.2) is 0 Å². The second kappa shape index (κ2) is 5.96. The molecule has 0 saturated heterocycles. The maximum absolute atomic E-state index is 11.6. The molecule has 0 aliphatic carbocycles. The maximum atomic E-state index is 11.6. The molecule has 1 aliphatic heterocycles. The third-order valence-corrected chi connectivity index (χ3v) is 3.21. The van der Waals surface area contributed by atoms with E-state index in [1.807, 2.05) is 24.3 Å². The van der Waals surface area contributed by atoms with Crippen molar-refractivity contribution in [2.24, 2.45) is 5.92 Å². The minimum atomic E-state index is -0.191. The summed E-state index contributed by atoms with van der Waals surface area (Å²) in [5, 5.41) is 2.81. The first-order valence-corrected chi connectivity index (χ1v) is 6.46. The number of rotatable bonds is 4. The fourth-order valence-corrected chi connectivity index (χ4v) is 1.76. The quantitative estimate of drug-likeness (QED) is 0.848. The van der Waals surface area contributed by atoms with Gasteiger partial charge in [0.05, 0.1) is 6.54 Å². The molecule has 1 amide bonds. The first-order valence-electron chi connectivity index (χ1n) is 5.93. The second-order valence-corrected chi connectivity index (χ2v) is 4.61. The van der Waals surface area contributed by atoms with Gasteiger partial charge in [-0.1, -0.05) is 19.1 Å². The number of carbonyl (C=O) groups excluding carboxylic acids is 1. The number of nitrogens with one attached hydrogen (secondary N) is 1. The largest absolute Gasteiger partial charge is 0.486 e. The van der Waals surface area contributed by atoms with Gasteiger partial charge >= 0.3 is 0 Å². The van der Waals surface area contributed by atoms with Gasteiger partial charge in [-0.2, -0.15) is 0 Å². The van der Waals surface area contributed by atoms with Crippen LogP contribution in [0.1, 0.15) is 6.92 Å². The third-order valence-electron chi connectivity index (χ3n) is 2.75. The second-order valence-electron chi connectivity index (χ2n) is 4.30. The van der Waals surface area contributed by atoms with E-state index in [9.17, 15) is 4.79 Å². The number of fused-ring (bicyclic) bond motifs is 1. The molecule has 0 spiro atoms. The van der Waals surface area contributed by atoms with Gasteiger partial charge < -0.3 is 14.8 Å². The fourth-order valence-electron chi connectivity index (χ4n) is 1.62. The van der Waals surface area contributed by atoms with Crippen LogP contribution in [-0.4, -0.2) is 31.0 Å². The zero-order valence-corrected chi connectivity index (χ0v) is 10.9. The van der Waals surface area contributed by atoms with Crippen LogP contribution in [-0.2, 0) is 4.79 Å². The predicted molar refractivity (Wildman–Crippen MR) is 69.2 cm³/mol. The van der Waals surface area contributed by atoms with Crippen LogP contribution in [0, 0.1) is 5.92 Å². The Morgan fingerprint density at radius 1 is 1.50 bits per heavy atom. The highest BCUT2D eigenvalue weighted by Crippen LogP contribution is 2.30. The average molecular weight is 270 g/mol. The van der Waals surface area contributed by atoms with Crippen LogP contribution in [0.2, 0.25) is 0 Å². The Labute approximate surface area is 111 Å². The molecular weight excluding hydrogens is 254 g/mol. The highest BCUT2D eigenvalue weighted by Gasteiger charge is 2.21. The van der Waals surface area contributed by atoms with E-state index in [1.165, 1.54) is 0 Å². The lowest BCUT2D eigenvalue weighted by molar-refractivity contribution is -0.124. The van der Waals surface area contributed by atoms with Crippen molar-refractivity contribution in [3.8, 4) is 11.5 Å². The summed E-state index contributed by atoms with van der Waals surface area (Å²) in [6.45, 7) is 2.65. The molecule has 98 valence electrons.